The number of ether oxygens (including phenoxy) is 1. The van der Waals surface area contributed by atoms with Gasteiger partial charge in [-0.2, -0.15) is 0 Å². The van der Waals surface area contributed by atoms with Crippen molar-refractivity contribution in [1.29, 1.82) is 0 Å². The van der Waals surface area contributed by atoms with E-state index in [1.807, 2.05) is 14.1 Å². The Labute approximate surface area is 100 Å². The second-order valence-electron chi connectivity index (χ2n) is 4.00. The van der Waals surface area contributed by atoms with Crippen LogP contribution in [0.4, 0.5) is 0 Å². The van der Waals surface area contributed by atoms with Gasteiger partial charge in [-0.25, -0.2) is 0 Å². The minimum atomic E-state index is 0.188. The van der Waals surface area contributed by atoms with E-state index in [-0.39, 0.29) is 4.95 Å². The molecule has 15 heavy (non-hydrogen) atoms. The van der Waals surface area contributed by atoms with Gasteiger partial charge in [0.1, 0.15) is 5.75 Å². The van der Waals surface area contributed by atoms with Crippen LogP contribution in [0.5, 0.6) is 5.75 Å². The first-order chi connectivity index (χ1) is 6.97. The third-order valence-electron chi connectivity index (χ3n) is 2.40. The van der Waals surface area contributed by atoms with Crippen LogP contribution in [0.15, 0.2) is 12.1 Å². The molecule has 0 radical (unpaired) electrons. The highest BCUT2D eigenvalue weighted by molar-refractivity contribution is 9.09. The van der Waals surface area contributed by atoms with Crippen molar-refractivity contribution in [3.8, 4) is 5.75 Å². The molecular weight excluding hydrogens is 254 g/mol. The molecule has 0 spiro atoms. The summed E-state index contributed by atoms with van der Waals surface area (Å²) in [6.07, 6.45) is 0. The molecule has 1 aromatic carbocycles. The molecular formula is C12H18BrNO. The molecule has 0 fully saturated rings. The third-order valence-corrected chi connectivity index (χ3v) is 3.68. The van der Waals surface area contributed by atoms with Crippen LogP contribution < -0.4 is 4.74 Å². The van der Waals surface area contributed by atoms with E-state index < -0.39 is 0 Å². The van der Waals surface area contributed by atoms with Gasteiger partial charge in [0.25, 0.3) is 0 Å². The summed E-state index contributed by atoms with van der Waals surface area (Å²) in [6, 6.07) is 4.25. The van der Waals surface area contributed by atoms with E-state index in [0.29, 0.717) is 0 Å². The molecule has 0 amide bonds. The molecule has 1 rings (SSSR count). The lowest BCUT2D eigenvalue weighted by molar-refractivity contribution is 0.368. The van der Waals surface area contributed by atoms with E-state index in [9.17, 15) is 0 Å². The van der Waals surface area contributed by atoms with Crippen LogP contribution in [0, 0.1) is 13.8 Å². The van der Waals surface area contributed by atoms with Gasteiger partial charge in [-0.3, -0.25) is 4.90 Å². The Morgan fingerprint density at radius 3 is 2.33 bits per heavy atom. The Morgan fingerprint density at radius 1 is 1.27 bits per heavy atom. The summed E-state index contributed by atoms with van der Waals surface area (Å²) in [5.74, 6) is 0.947. The summed E-state index contributed by atoms with van der Waals surface area (Å²) in [6.45, 7) is 4.20. The van der Waals surface area contributed by atoms with Crippen molar-refractivity contribution >= 4 is 15.9 Å². The zero-order valence-electron chi connectivity index (χ0n) is 9.97. The number of alkyl halides is 1. The van der Waals surface area contributed by atoms with Crippen molar-refractivity contribution in [2.45, 2.75) is 18.8 Å². The normalized spacial score (nSPS) is 13.0. The van der Waals surface area contributed by atoms with Gasteiger partial charge in [-0.1, -0.05) is 22.0 Å². The van der Waals surface area contributed by atoms with E-state index in [4.69, 9.17) is 4.74 Å². The summed E-state index contributed by atoms with van der Waals surface area (Å²) < 4.78 is 5.42. The largest absolute Gasteiger partial charge is 0.496 e. The fourth-order valence-corrected chi connectivity index (χ4v) is 2.26. The molecule has 0 N–H and O–H groups in total. The predicted octanol–water partition coefficient (Wildman–Crippen LogP) is 3.27. The molecule has 1 atom stereocenters. The highest BCUT2D eigenvalue weighted by atomic mass is 79.9. The van der Waals surface area contributed by atoms with Gasteiger partial charge >= 0.3 is 0 Å². The van der Waals surface area contributed by atoms with Crippen LogP contribution in [0.25, 0.3) is 0 Å². The Hall–Kier alpha value is -0.540. The smallest absolute Gasteiger partial charge is 0.125 e. The number of rotatable bonds is 3. The van der Waals surface area contributed by atoms with Crippen molar-refractivity contribution < 1.29 is 4.74 Å². The minimum Gasteiger partial charge on any atom is -0.496 e. The molecule has 0 heterocycles. The van der Waals surface area contributed by atoms with Gasteiger partial charge in [-0.15, -0.1) is 0 Å². The lowest BCUT2D eigenvalue weighted by atomic mass is 10.0. The Morgan fingerprint density at radius 2 is 1.87 bits per heavy atom. The number of halogens is 1. The minimum absolute atomic E-state index is 0.188. The zero-order chi connectivity index (χ0) is 11.6. The molecule has 0 aliphatic heterocycles. The van der Waals surface area contributed by atoms with Gasteiger partial charge in [0.05, 0.1) is 12.1 Å². The molecule has 0 bridgehead atoms. The second-order valence-corrected chi connectivity index (χ2v) is 4.86. The molecule has 1 aromatic rings. The van der Waals surface area contributed by atoms with Crippen LogP contribution in [-0.4, -0.2) is 26.1 Å². The maximum Gasteiger partial charge on any atom is 0.125 e. The monoisotopic (exact) mass is 271 g/mol. The second kappa shape index (κ2) is 4.99. The summed E-state index contributed by atoms with van der Waals surface area (Å²) in [7, 11) is 5.80. The summed E-state index contributed by atoms with van der Waals surface area (Å²) in [5.41, 5.74) is 3.68. The van der Waals surface area contributed by atoms with Crippen LogP contribution in [0.1, 0.15) is 21.6 Å². The number of methoxy groups -OCH3 is 1. The van der Waals surface area contributed by atoms with Crippen LogP contribution in [-0.2, 0) is 0 Å². The third kappa shape index (κ3) is 2.73. The molecule has 0 saturated carbocycles. The molecule has 1 unspecified atom stereocenters. The fraction of sp³-hybridized carbons (Fsp3) is 0.500. The van der Waals surface area contributed by atoms with E-state index in [1.165, 1.54) is 16.7 Å². The molecule has 0 aromatic heterocycles. The van der Waals surface area contributed by atoms with E-state index in [0.717, 1.165) is 5.75 Å². The average Bonchev–Trinajstić information content (AvgIpc) is 2.15. The molecule has 2 nitrogen and oxygen atoms in total. The molecule has 84 valence electrons. The lowest BCUT2D eigenvalue weighted by Gasteiger charge is -2.23. The highest BCUT2D eigenvalue weighted by Gasteiger charge is 2.17. The first-order valence-electron chi connectivity index (χ1n) is 4.93. The van der Waals surface area contributed by atoms with Gasteiger partial charge in [0.15, 0.2) is 0 Å². The Bertz CT molecular complexity index is 350. The van der Waals surface area contributed by atoms with Crippen molar-refractivity contribution in [2.24, 2.45) is 0 Å². The van der Waals surface area contributed by atoms with Crippen LogP contribution in [0.2, 0.25) is 0 Å². The van der Waals surface area contributed by atoms with Crippen molar-refractivity contribution in [2.75, 3.05) is 21.2 Å². The van der Waals surface area contributed by atoms with Gasteiger partial charge in [0.2, 0.25) is 0 Å². The lowest BCUT2D eigenvalue weighted by Crippen LogP contribution is -2.16. The average molecular weight is 272 g/mol. The Balaban J connectivity index is 3.26. The number of hydrogen-bond donors (Lipinski definition) is 0. The SMILES string of the molecule is COc1cc(C)cc(C)c1C(Br)N(C)C. The number of hydrogen-bond acceptors (Lipinski definition) is 2. The quantitative estimate of drug-likeness (QED) is 0.618. The van der Waals surface area contributed by atoms with Crippen molar-refractivity contribution in [3.63, 3.8) is 0 Å². The highest BCUT2D eigenvalue weighted by Crippen LogP contribution is 2.35. The number of benzene rings is 1. The van der Waals surface area contributed by atoms with Gasteiger partial charge < -0.3 is 4.74 Å². The molecule has 3 heteroatoms. The predicted molar refractivity (Wildman–Crippen MR) is 67.8 cm³/mol. The summed E-state index contributed by atoms with van der Waals surface area (Å²) in [4.78, 5) is 2.30. The number of aryl methyl sites for hydroxylation is 2. The summed E-state index contributed by atoms with van der Waals surface area (Å²) in [5, 5.41) is 0. The topological polar surface area (TPSA) is 12.5 Å². The first kappa shape index (κ1) is 12.5. The van der Waals surface area contributed by atoms with Gasteiger partial charge in [0, 0.05) is 5.56 Å². The summed E-state index contributed by atoms with van der Waals surface area (Å²) >= 11 is 3.66. The molecule has 0 saturated heterocycles. The van der Waals surface area contributed by atoms with Crippen LogP contribution in [0.3, 0.4) is 0 Å². The van der Waals surface area contributed by atoms with Crippen molar-refractivity contribution in [3.05, 3.63) is 28.8 Å². The maximum absolute atomic E-state index is 5.42. The molecule has 0 aliphatic rings. The fourth-order valence-electron chi connectivity index (χ4n) is 1.67. The standard InChI is InChI=1S/C12H18BrNO/c1-8-6-9(2)11(10(7-8)15-5)12(13)14(3)4/h6-7,12H,1-5H3. The van der Waals surface area contributed by atoms with E-state index in [1.54, 1.807) is 7.11 Å². The van der Waals surface area contributed by atoms with Crippen molar-refractivity contribution in [1.82, 2.24) is 4.90 Å². The zero-order valence-corrected chi connectivity index (χ0v) is 11.6. The Kier molecular flexibility index (Phi) is 4.17. The maximum atomic E-state index is 5.42. The molecule has 0 aliphatic carbocycles. The van der Waals surface area contributed by atoms with Gasteiger partial charge in [-0.05, 0) is 45.1 Å². The number of nitrogens with zero attached hydrogens (tertiary/aromatic N) is 1. The van der Waals surface area contributed by atoms with Crippen LogP contribution >= 0.6 is 15.9 Å². The van der Waals surface area contributed by atoms with E-state index in [2.05, 4.69) is 46.8 Å². The first-order valence-corrected chi connectivity index (χ1v) is 5.84. The van der Waals surface area contributed by atoms with E-state index >= 15 is 0 Å².